The molecule has 5 rings (SSSR count). The third-order valence-corrected chi connectivity index (χ3v) is 6.66. The van der Waals surface area contributed by atoms with Gasteiger partial charge in [-0.15, -0.1) is 0 Å². The summed E-state index contributed by atoms with van der Waals surface area (Å²) in [5, 5.41) is 0. The van der Waals surface area contributed by atoms with E-state index in [4.69, 9.17) is 9.73 Å². The maximum Gasteiger partial charge on any atom is 0.338 e. The molecule has 0 N–H and O–H groups in total. The van der Waals surface area contributed by atoms with E-state index in [9.17, 15) is 14.0 Å². The number of halogens is 1. The minimum Gasteiger partial charge on any atom is -0.463 e. The molecule has 35 heavy (non-hydrogen) atoms. The topological polar surface area (TPSA) is 60.7 Å². The van der Waals surface area contributed by atoms with E-state index in [0.717, 1.165) is 22.5 Å². The Morgan fingerprint density at radius 3 is 2.37 bits per heavy atom. The Kier molecular flexibility index (Phi) is 6.25. The maximum atomic E-state index is 14.3. The summed E-state index contributed by atoms with van der Waals surface area (Å²) in [6.45, 7) is 1.92. The van der Waals surface area contributed by atoms with Crippen LogP contribution in [0.2, 0.25) is 0 Å². The normalized spacial score (nSPS) is 15.5. The number of carbonyl (C=O) groups is 1. The lowest BCUT2D eigenvalue weighted by molar-refractivity contribution is -0.138. The molecule has 0 aliphatic carbocycles. The second kappa shape index (κ2) is 9.64. The van der Waals surface area contributed by atoms with E-state index < -0.39 is 17.8 Å². The van der Waals surface area contributed by atoms with Gasteiger partial charge in [0.1, 0.15) is 5.82 Å². The number of carbonyl (C=O) groups excluding carboxylic acids is 1. The molecule has 0 radical (unpaired) electrons. The van der Waals surface area contributed by atoms with E-state index in [0.29, 0.717) is 20.6 Å². The van der Waals surface area contributed by atoms with Crippen molar-refractivity contribution in [3.8, 4) is 0 Å². The SMILES string of the molecule is CCOC(=O)C1=C(c2ccccc2)N=c2sc(=Cc3ccccc3F)c(=O)n2[C@H]1c1ccccc1. The lowest BCUT2D eigenvalue weighted by atomic mass is 9.93. The number of aromatic nitrogens is 1. The summed E-state index contributed by atoms with van der Waals surface area (Å²) >= 11 is 1.16. The molecular formula is C28H21FN2O3S. The van der Waals surface area contributed by atoms with Crippen LogP contribution in [0.15, 0.2) is 100 Å². The summed E-state index contributed by atoms with van der Waals surface area (Å²) in [6, 6.07) is 24.2. The van der Waals surface area contributed by atoms with Crippen LogP contribution in [-0.2, 0) is 9.53 Å². The van der Waals surface area contributed by atoms with Crippen LogP contribution in [0.25, 0.3) is 11.8 Å². The Bertz CT molecular complexity index is 1610. The third kappa shape index (κ3) is 4.26. The van der Waals surface area contributed by atoms with Crippen LogP contribution in [0.1, 0.15) is 29.7 Å². The van der Waals surface area contributed by atoms with Crippen LogP contribution in [0.3, 0.4) is 0 Å². The molecule has 0 saturated heterocycles. The fourth-order valence-electron chi connectivity index (χ4n) is 4.12. The van der Waals surface area contributed by atoms with Gasteiger partial charge in [0.15, 0.2) is 4.80 Å². The predicted octanol–water partition coefficient (Wildman–Crippen LogP) is 4.07. The average Bonchev–Trinajstić information content (AvgIpc) is 3.20. The summed E-state index contributed by atoms with van der Waals surface area (Å²) in [4.78, 5) is 32.2. The average molecular weight is 485 g/mol. The smallest absolute Gasteiger partial charge is 0.338 e. The number of rotatable bonds is 5. The first-order valence-corrected chi connectivity index (χ1v) is 12.0. The molecule has 0 saturated carbocycles. The molecule has 0 unspecified atom stereocenters. The highest BCUT2D eigenvalue weighted by atomic mass is 32.1. The number of nitrogens with zero attached hydrogens (tertiary/aromatic N) is 2. The van der Waals surface area contributed by atoms with Crippen LogP contribution in [-0.4, -0.2) is 17.1 Å². The highest BCUT2D eigenvalue weighted by molar-refractivity contribution is 7.07. The third-order valence-electron chi connectivity index (χ3n) is 5.68. The van der Waals surface area contributed by atoms with E-state index in [1.54, 1.807) is 25.1 Å². The monoisotopic (exact) mass is 484 g/mol. The Morgan fingerprint density at radius 2 is 1.69 bits per heavy atom. The molecule has 7 heteroatoms. The van der Waals surface area contributed by atoms with E-state index in [-0.39, 0.29) is 17.7 Å². The van der Waals surface area contributed by atoms with Gasteiger partial charge in [-0.2, -0.15) is 0 Å². The van der Waals surface area contributed by atoms with Crippen molar-refractivity contribution in [1.29, 1.82) is 0 Å². The highest BCUT2D eigenvalue weighted by Gasteiger charge is 2.35. The zero-order valence-electron chi connectivity index (χ0n) is 18.9. The van der Waals surface area contributed by atoms with Gasteiger partial charge in [0, 0.05) is 11.1 Å². The zero-order chi connectivity index (χ0) is 24.4. The Hall–Kier alpha value is -4.10. The van der Waals surface area contributed by atoms with Crippen molar-refractivity contribution >= 4 is 29.1 Å². The lowest BCUT2D eigenvalue weighted by Gasteiger charge is -2.25. The molecule has 0 spiro atoms. The first-order valence-electron chi connectivity index (χ1n) is 11.2. The number of benzene rings is 3. The molecule has 0 bridgehead atoms. The summed E-state index contributed by atoms with van der Waals surface area (Å²) in [5.41, 5.74) is 2.19. The summed E-state index contributed by atoms with van der Waals surface area (Å²) in [7, 11) is 0. The van der Waals surface area contributed by atoms with E-state index in [1.165, 1.54) is 16.7 Å². The number of ether oxygens (including phenoxy) is 1. The van der Waals surface area contributed by atoms with Crippen molar-refractivity contribution in [3.63, 3.8) is 0 Å². The number of hydrogen-bond donors (Lipinski definition) is 0. The van der Waals surface area contributed by atoms with Crippen molar-refractivity contribution in [2.75, 3.05) is 6.61 Å². The van der Waals surface area contributed by atoms with Crippen molar-refractivity contribution in [2.24, 2.45) is 4.99 Å². The molecule has 174 valence electrons. The van der Waals surface area contributed by atoms with Gasteiger partial charge in [-0.1, -0.05) is 90.2 Å². The van der Waals surface area contributed by atoms with Crippen molar-refractivity contribution in [1.82, 2.24) is 4.57 Å². The standard InChI is InChI=1S/C28H21FN2O3S/c1-2-34-27(33)23-24(18-11-5-3-6-12-18)30-28-31(25(23)19-13-7-4-8-14-19)26(32)22(35-28)17-20-15-9-10-16-21(20)29/h3-17,25H,2H2,1H3/t25-/m0/s1. The van der Waals surface area contributed by atoms with Gasteiger partial charge in [-0.05, 0) is 24.6 Å². The van der Waals surface area contributed by atoms with Gasteiger partial charge in [0.2, 0.25) is 0 Å². The van der Waals surface area contributed by atoms with E-state index in [1.807, 2.05) is 60.7 Å². The van der Waals surface area contributed by atoms with Crippen LogP contribution < -0.4 is 14.9 Å². The largest absolute Gasteiger partial charge is 0.463 e. The van der Waals surface area contributed by atoms with Crippen molar-refractivity contribution < 1.29 is 13.9 Å². The van der Waals surface area contributed by atoms with Gasteiger partial charge < -0.3 is 4.74 Å². The molecule has 4 aromatic rings. The minimum absolute atomic E-state index is 0.184. The molecule has 1 aliphatic heterocycles. The molecular weight excluding hydrogens is 463 g/mol. The number of esters is 1. The molecule has 1 atom stereocenters. The first-order chi connectivity index (χ1) is 17.1. The molecule has 2 heterocycles. The highest BCUT2D eigenvalue weighted by Crippen LogP contribution is 2.35. The zero-order valence-corrected chi connectivity index (χ0v) is 19.7. The van der Waals surface area contributed by atoms with Crippen LogP contribution >= 0.6 is 11.3 Å². The molecule has 0 amide bonds. The van der Waals surface area contributed by atoms with Gasteiger partial charge in [0.05, 0.1) is 28.5 Å². The van der Waals surface area contributed by atoms with Crippen LogP contribution in [0.4, 0.5) is 4.39 Å². The lowest BCUT2D eigenvalue weighted by Crippen LogP contribution is -2.40. The fraction of sp³-hybridized carbons (Fsp3) is 0.107. The summed E-state index contributed by atoms with van der Waals surface area (Å²) in [6.07, 6.45) is 1.53. The second-order valence-corrected chi connectivity index (χ2v) is 8.87. The number of thiazole rings is 1. The number of fused-ring (bicyclic) bond motifs is 1. The number of hydrogen-bond acceptors (Lipinski definition) is 5. The summed E-state index contributed by atoms with van der Waals surface area (Å²) < 4.78 is 21.6. The second-order valence-electron chi connectivity index (χ2n) is 7.86. The molecule has 1 aromatic heterocycles. The van der Waals surface area contributed by atoms with Gasteiger partial charge >= 0.3 is 5.97 Å². The maximum absolute atomic E-state index is 14.3. The quantitative estimate of drug-likeness (QED) is 0.401. The molecule has 1 aliphatic rings. The Labute approximate surface area is 204 Å². The molecule has 0 fully saturated rings. The summed E-state index contributed by atoms with van der Waals surface area (Å²) in [5.74, 6) is -0.956. The van der Waals surface area contributed by atoms with Gasteiger partial charge in [-0.25, -0.2) is 14.2 Å². The van der Waals surface area contributed by atoms with Crippen LogP contribution in [0, 0.1) is 5.82 Å². The minimum atomic E-state index is -0.746. The fourth-order valence-corrected chi connectivity index (χ4v) is 5.12. The molecule has 5 nitrogen and oxygen atoms in total. The van der Waals surface area contributed by atoms with Crippen LogP contribution in [0.5, 0.6) is 0 Å². The molecule has 3 aromatic carbocycles. The Morgan fingerprint density at radius 1 is 1.03 bits per heavy atom. The first kappa shape index (κ1) is 22.7. The Balaban J connectivity index is 1.84. The van der Waals surface area contributed by atoms with E-state index >= 15 is 0 Å². The van der Waals surface area contributed by atoms with Crippen molar-refractivity contribution in [2.45, 2.75) is 13.0 Å². The van der Waals surface area contributed by atoms with Crippen molar-refractivity contribution in [3.05, 3.63) is 133 Å². The van der Waals surface area contributed by atoms with Gasteiger partial charge in [-0.3, -0.25) is 9.36 Å². The predicted molar refractivity (Wildman–Crippen MR) is 134 cm³/mol. The van der Waals surface area contributed by atoms with Gasteiger partial charge in [0.25, 0.3) is 5.56 Å². The van der Waals surface area contributed by atoms with E-state index in [2.05, 4.69) is 0 Å².